The average Bonchev–Trinajstić information content (AvgIpc) is 2.74. The monoisotopic (exact) mass is 305 g/mol. The quantitative estimate of drug-likeness (QED) is 0.801. The largest absolute Gasteiger partial charge is 0.334 e. The number of imidazole rings is 1. The molecular formula is C12H20ClN3O2S. The van der Waals surface area contributed by atoms with E-state index in [1.807, 2.05) is 25.3 Å². The van der Waals surface area contributed by atoms with Gasteiger partial charge in [-0.2, -0.15) is 4.31 Å². The van der Waals surface area contributed by atoms with Crippen LogP contribution in [0.5, 0.6) is 0 Å². The van der Waals surface area contributed by atoms with Crippen molar-refractivity contribution in [3.63, 3.8) is 0 Å². The molecule has 1 saturated heterocycles. The molecule has 0 aromatic carbocycles. The second-order valence-electron chi connectivity index (χ2n) is 5.06. The third-order valence-electron chi connectivity index (χ3n) is 3.66. The smallest absolute Gasteiger partial charge is 0.262 e. The van der Waals surface area contributed by atoms with E-state index in [0.717, 1.165) is 5.82 Å². The van der Waals surface area contributed by atoms with Crippen LogP contribution in [0.3, 0.4) is 0 Å². The number of alkyl halides is 1. The first-order chi connectivity index (χ1) is 8.86. The number of piperidine rings is 1. The summed E-state index contributed by atoms with van der Waals surface area (Å²) >= 11 is 6.14. The molecule has 2 rings (SSSR count). The molecule has 0 aliphatic carbocycles. The summed E-state index contributed by atoms with van der Waals surface area (Å²) in [4.78, 5) is 4.17. The molecule has 1 fully saturated rings. The van der Waals surface area contributed by atoms with Crippen molar-refractivity contribution in [1.82, 2.24) is 13.9 Å². The van der Waals surface area contributed by atoms with Crippen LogP contribution in [0.15, 0.2) is 11.2 Å². The van der Waals surface area contributed by atoms with Crippen molar-refractivity contribution in [3.05, 3.63) is 12.0 Å². The van der Waals surface area contributed by atoms with Gasteiger partial charge in [0.05, 0.1) is 0 Å². The minimum Gasteiger partial charge on any atom is -0.334 e. The Balaban J connectivity index is 2.27. The SMILES string of the molecule is CCn1cc(S(=O)(=O)N2CCC(Cl)C(C)C2)nc1C. The predicted molar refractivity (Wildman–Crippen MR) is 74.8 cm³/mol. The maximum atomic E-state index is 12.5. The molecule has 1 aliphatic heterocycles. The van der Waals surface area contributed by atoms with E-state index in [1.54, 1.807) is 6.20 Å². The number of nitrogens with zero attached hydrogens (tertiary/aromatic N) is 3. The van der Waals surface area contributed by atoms with Crippen LogP contribution in [0.4, 0.5) is 0 Å². The lowest BCUT2D eigenvalue weighted by molar-refractivity contribution is 0.285. The van der Waals surface area contributed by atoms with Crippen molar-refractivity contribution in [2.24, 2.45) is 5.92 Å². The Morgan fingerprint density at radius 1 is 1.53 bits per heavy atom. The molecule has 1 aromatic heterocycles. The molecule has 0 bridgehead atoms. The number of hydrogen-bond donors (Lipinski definition) is 0. The molecule has 1 aromatic rings. The van der Waals surface area contributed by atoms with Gasteiger partial charge in [-0.1, -0.05) is 6.92 Å². The number of aryl methyl sites for hydroxylation is 2. The molecule has 0 radical (unpaired) electrons. The molecular weight excluding hydrogens is 286 g/mol. The van der Waals surface area contributed by atoms with Crippen LogP contribution in [0.2, 0.25) is 0 Å². The molecule has 19 heavy (non-hydrogen) atoms. The zero-order valence-corrected chi connectivity index (χ0v) is 13.1. The van der Waals surface area contributed by atoms with Crippen molar-refractivity contribution < 1.29 is 8.42 Å². The van der Waals surface area contributed by atoms with Gasteiger partial charge in [-0.25, -0.2) is 13.4 Å². The fraction of sp³-hybridized carbons (Fsp3) is 0.750. The molecule has 2 heterocycles. The lowest BCUT2D eigenvalue weighted by Crippen LogP contribution is -2.43. The van der Waals surface area contributed by atoms with Gasteiger partial charge in [-0.3, -0.25) is 0 Å². The molecule has 108 valence electrons. The summed E-state index contributed by atoms with van der Waals surface area (Å²) in [5, 5.41) is 0.202. The number of rotatable bonds is 3. The Bertz CT molecular complexity index is 555. The molecule has 0 N–H and O–H groups in total. The molecule has 0 spiro atoms. The van der Waals surface area contributed by atoms with Crippen molar-refractivity contribution in [1.29, 1.82) is 0 Å². The minimum absolute atomic E-state index is 0.0568. The topological polar surface area (TPSA) is 55.2 Å². The Morgan fingerprint density at radius 3 is 2.74 bits per heavy atom. The molecule has 0 amide bonds. The van der Waals surface area contributed by atoms with Crippen LogP contribution in [-0.2, 0) is 16.6 Å². The van der Waals surface area contributed by atoms with E-state index >= 15 is 0 Å². The van der Waals surface area contributed by atoms with Crippen LogP contribution in [0.25, 0.3) is 0 Å². The molecule has 7 heteroatoms. The average molecular weight is 306 g/mol. The highest BCUT2D eigenvalue weighted by Crippen LogP contribution is 2.26. The fourth-order valence-electron chi connectivity index (χ4n) is 2.35. The zero-order chi connectivity index (χ0) is 14.2. The standard InChI is InChI=1S/C12H20ClN3O2S/c1-4-15-8-12(14-10(15)3)19(17,18)16-6-5-11(13)9(2)7-16/h8-9,11H,4-7H2,1-3H3. The van der Waals surface area contributed by atoms with Crippen molar-refractivity contribution in [3.8, 4) is 0 Å². The van der Waals surface area contributed by atoms with Gasteiger partial charge in [0.25, 0.3) is 10.0 Å². The molecule has 5 nitrogen and oxygen atoms in total. The zero-order valence-electron chi connectivity index (χ0n) is 11.5. The summed E-state index contributed by atoms with van der Waals surface area (Å²) in [5.41, 5.74) is 0. The van der Waals surface area contributed by atoms with Crippen molar-refractivity contribution in [2.45, 2.75) is 44.1 Å². The van der Waals surface area contributed by atoms with Crippen molar-refractivity contribution >= 4 is 21.6 Å². The summed E-state index contributed by atoms with van der Waals surface area (Å²) in [5.74, 6) is 0.890. The van der Waals surface area contributed by atoms with E-state index in [0.29, 0.717) is 26.1 Å². The summed E-state index contributed by atoms with van der Waals surface area (Å²) in [6.07, 6.45) is 2.30. The number of aromatic nitrogens is 2. The van der Waals surface area contributed by atoms with Gasteiger partial charge in [-0.15, -0.1) is 11.6 Å². The first-order valence-electron chi connectivity index (χ1n) is 6.54. The number of sulfonamides is 1. The number of halogens is 1. The van der Waals surface area contributed by atoms with E-state index in [9.17, 15) is 8.42 Å². The van der Waals surface area contributed by atoms with Gasteiger partial charge in [-0.05, 0) is 26.2 Å². The summed E-state index contributed by atoms with van der Waals surface area (Å²) in [7, 11) is -3.49. The van der Waals surface area contributed by atoms with Gasteiger partial charge >= 0.3 is 0 Å². The third-order valence-corrected chi connectivity index (χ3v) is 6.05. The molecule has 0 saturated carbocycles. The summed E-state index contributed by atoms with van der Waals surface area (Å²) in [6, 6.07) is 0. The van der Waals surface area contributed by atoms with E-state index in [1.165, 1.54) is 4.31 Å². The number of hydrogen-bond acceptors (Lipinski definition) is 3. The normalized spacial score (nSPS) is 25.7. The third kappa shape index (κ3) is 2.80. The highest BCUT2D eigenvalue weighted by molar-refractivity contribution is 7.89. The van der Waals surface area contributed by atoms with Crippen LogP contribution in [-0.4, -0.2) is 40.7 Å². The van der Waals surface area contributed by atoms with Crippen LogP contribution in [0.1, 0.15) is 26.1 Å². The summed E-state index contributed by atoms with van der Waals surface area (Å²) in [6.45, 7) is 7.42. The van der Waals surface area contributed by atoms with Crippen molar-refractivity contribution in [2.75, 3.05) is 13.1 Å². The van der Waals surface area contributed by atoms with E-state index in [-0.39, 0.29) is 16.3 Å². The Labute approximate surface area is 119 Å². The lowest BCUT2D eigenvalue weighted by atomic mass is 10.0. The molecule has 2 unspecified atom stereocenters. The highest BCUT2D eigenvalue weighted by atomic mass is 35.5. The van der Waals surface area contributed by atoms with Crippen LogP contribution >= 0.6 is 11.6 Å². The second-order valence-corrected chi connectivity index (χ2v) is 7.50. The van der Waals surface area contributed by atoms with Crippen LogP contribution in [0, 0.1) is 12.8 Å². The highest BCUT2D eigenvalue weighted by Gasteiger charge is 2.34. The lowest BCUT2D eigenvalue weighted by Gasteiger charge is -2.32. The van der Waals surface area contributed by atoms with Gasteiger partial charge in [0.15, 0.2) is 5.03 Å². The fourth-order valence-corrected chi connectivity index (χ4v) is 4.08. The Kier molecular flexibility index (Phi) is 4.23. The summed E-state index contributed by atoms with van der Waals surface area (Å²) < 4.78 is 28.4. The van der Waals surface area contributed by atoms with Gasteiger partial charge in [0, 0.05) is 31.2 Å². The maximum absolute atomic E-state index is 12.5. The second kappa shape index (κ2) is 5.42. The van der Waals surface area contributed by atoms with E-state index in [4.69, 9.17) is 11.6 Å². The predicted octanol–water partition coefficient (Wildman–Crippen LogP) is 1.85. The Morgan fingerprint density at radius 2 is 2.21 bits per heavy atom. The molecule has 1 aliphatic rings. The maximum Gasteiger partial charge on any atom is 0.262 e. The van der Waals surface area contributed by atoms with Crippen LogP contribution < -0.4 is 0 Å². The first kappa shape index (κ1) is 14.8. The van der Waals surface area contributed by atoms with Gasteiger partial charge in [0.2, 0.25) is 0 Å². The van der Waals surface area contributed by atoms with E-state index in [2.05, 4.69) is 4.98 Å². The van der Waals surface area contributed by atoms with Gasteiger partial charge in [0.1, 0.15) is 5.82 Å². The van der Waals surface area contributed by atoms with E-state index < -0.39 is 10.0 Å². The first-order valence-corrected chi connectivity index (χ1v) is 8.42. The van der Waals surface area contributed by atoms with Gasteiger partial charge < -0.3 is 4.57 Å². The molecule has 2 atom stereocenters. The minimum atomic E-state index is -3.49. The Hall–Kier alpha value is -0.590.